The lowest BCUT2D eigenvalue weighted by atomic mass is 10.0. The number of piperidine rings is 1. The van der Waals surface area contributed by atoms with Crippen molar-refractivity contribution in [3.8, 4) is 0 Å². The third-order valence-corrected chi connectivity index (χ3v) is 4.54. The first kappa shape index (κ1) is 14.8. The van der Waals surface area contributed by atoms with Crippen molar-refractivity contribution in [2.24, 2.45) is 0 Å². The first-order valence-electron chi connectivity index (χ1n) is 7.05. The maximum atomic E-state index is 13.4. The average Bonchev–Trinajstić information content (AvgIpc) is 2.42. The average molecular weight is 282 g/mol. The minimum atomic E-state index is -0.107. The predicted octanol–water partition coefficient (Wildman–Crippen LogP) is 2.99. The molecule has 1 atom stereocenters. The zero-order valence-corrected chi connectivity index (χ0v) is 12.4. The van der Waals surface area contributed by atoms with E-state index in [2.05, 4.69) is 17.3 Å². The highest BCUT2D eigenvalue weighted by Gasteiger charge is 2.14. The van der Waals surface area contributed by atoms with E-state index in [1.54, 1.807) is 17.8 Å². The molecule has 1 aliphatic rings. The van der Waals surface area contributed by atoms with Gasteiger partial charge in [0.2, 0.25) is 0 Å². The molecule has 1 unspecified atom stereocenters. The van der Waals surface area contributed by atoms with Crippen LogP contribution < -0.4 is 5.32 Å². The Kier molecular flexibility index (Phi) is 6.14. The molecule has 2 nitrogen and oxygen atoms in total. The fourth-order valence-electron chi connectivity index (χ4n) is 2.42. The van der Waals surface area contributed by atoms with Gasteiger partial charge in [0.15, 0.2) is 0 Å². The van der Waals surface area contributed by atoms with Crippen molar-refractivity contribution in [2.45, 2.75) is 30.2 Å². The van der Waals surface area contributed by atoms with Crippen molar-refractivity contribution in [2.75, 3.05) is 32.4 Å². The lowest BCUT2D eigenvalue weighted by Gasteiger charge is -2.28. The largest absolute Gasteiger partial charge is 0.313 e. The second kappa shape index (κ2) is 7.88. The second-order valence-corrected chi connectivity index (χ2v) is 6.32. The first-order chi connectivity index (χ1) is 9.25. The topological polar surface area (TPSA) is 15.3 Å². The zero-order valence-electron chi connectivity index (χ0n) is 11.6. The molecule has 19 heavy (non-hydrogen) atoms. The Morgan fingerprint density at radius 1 is 1.37 bits per heavy atom. The van der Waals surface area contributed by atoms with Gasteiger partial charge in [0.25, 0.3) is 0 Å². The van der Waals surface area contributed by atoms with Gasteiger partial charge in [0.1, 0.15) is 5.82 Å². The molecule has 0 amide bonds. The van der Waals surface area contributed by atoms with Crippen LogP contribution in [0.2, 0.25) is 0 Å². The Bertz CT molecular complexity index is 380. The first-order valence-corrected chi connectivity index (χ1v) is 8.03. The molecule has 1 heterocycles. The summed E-state index contributed by atoms with van der Waals surface area (Å²) >= 11 is 1.60. The number of thioether (sulfide) groups is 1. The van der Waals surface area contributed by atoms with E-state index in [-0.39, 0.29) is 5.82 Å². The fourth-order valence-corrected chi connectivity index (χ4v) is 3.42. The highest BCUT2D eigenvalue weighted by Crippen LogP contribution is 2.21. The monoisotopic (exact) mass is 282 g/mol. The Balaban J connectivity index is 1.66. The molecule has 0 bridgehead atoms. The van der Waals surface area contributed by atoms with E-state index in [0.717, 1.165) is 30.3 Å². The number of rotatable bonds is 6. The summed E-state index contributed by atoms with van der Waals surface area (Å²) < 4.78 is 13.4. The second-order valence-electron chi connectivity index (χ2n) is 5.19. The number of halogens is 1. The summed E-state index contributed by atoms with van der Waals surface area (Å²) in [7, 11) is 2.15. The van der Waals surface area contributed by atoms with Crippen LogP contribution in [0.15, 0.2) is 29.2 Å². The number of nitrogens with zero attached hydrogens (tertiary/aromatic N) is 1. The number of hydrogen-bond acceptors (Lipinski definition) is 3. The van der Waals surface area contributed by atoms with Gasteiger partial charge in [-0.3, -0.25) is 0 Å². The molecule has 0 saturated carbocycles. The standard InChI is InChI=1S/C15H23FN2S/c1-18(12-13-6-4-5-9-17-13)10-11-19-15-8-3-2-7-14(15)16/h2-3,7-8,13,17H,4-6,9-12H2,1H3. The van der Waals surface area contributed by atoms with Crippen molar-refractivity contribution >= 4 is 11.8 Å². The van der Waals surface area contributed by atoms with Crippen LogP contribution in [0, 0.1) is 5.82 Å². The van der Waals surface area contributed by atoms with Gasteiger partial charge >= 0.3 is 0 Å². The molecule has 1 fully saturated rings. The number of benzene rings is 1. The summed E-state index contributed by atoms with van der Waals surface area (Å²) in [4.78, 5) is 3.10. The van der Waals surface area contributed by atoms with E-state index in [0.29, 0.717) is 6.04 Å². The number of hydrogen-bond donors (Lipinski definition) is 1. The lowest BCUT2D eigenvalue weighted by Crippen LogP contribution is -2.42. The van der Waals surface area contributed by atoms with E-state index in [1.165, 1.54) is 25.3 Å². The molecular formula is C15H23FN2S. The minimum absolute atomic E-state index is 0.107. The summed E-state index contributed by atoms with van der Waals surface area (Å²) in [5, 5.41) is 3.56. The van der Waals surface area contributed by atoms with Gasteiger partial charge in [-0.1, -0.05) is 18.6 Å². The van der Waals surface area contributed by atoms with E-state index in [4.69, 9.17) is 0 Å². The van der Waals surface area contributed by atoms with Gasteiger partial charge in [0, 0.05) is 29.8 Å². The van der Waals surface area contributed by atoms with Crippen LogP contribution in [-0.4, -0.2) is 43.4 Å². The molecule has 0 radical (unpaired) electrons. The van der Waals surface area contributed by atoms with Crippen LogP contribution in [0.1, 0.15) is 19.3 Å². The number of likely N-dealkylation sites (N-methyl/N-ethyl adjacent to an activating group) is 1. The summed E-state index contributed by atoms with van der Waals surface area (Å²) in [6.45, 7) is 3.25. The van der Waals surface area contributed by atoms with Crippen molar-refractivity contribution in [1.29, 1.82) is 0 Å². The smallest absolute Gasteiger partial charge is 0.136 e. The Morgan fingerprint density at radius 3 is 2.95 bits per heavy atom. The van der Waals surface area contributed by atoms with Crippen LogP contribution in [0.25, 0.3) is 0 Å². The van der Waals surface area contributed by atoms with Crippen molar-refractivity contribution < 1.29 is 4.39 Å². The summed E-state index contributed by atoms with van der Waals surface area (Å²) in [5.41, 5.74) is 0. The molecule has 1 aromatic rings. The maximum Gasteiger partial charge on any atom is 0.136 e. The van der Waals surface area contributed by atoms with E-state index in [1.807, 2.05) is 12.1 Å². The van der Waals surface area contributed by atoms with Gasteiger partial charge in [-0.15, -0.1) is 11.8 Å². The summed E-state index contributed by atoms with van der Waals surface area (Å²) in [5.74, 6) is 0.827. The fraction of sp³-hybridized carbons (Fsp3) is 0.600. The highest BCUT2D eigenvalue weighted by atomic mass is 32.2. The molecule has 2 rings (SSSR count). The van der Waals surface area contributed by atoms with Gasteiger partial charge in [0.05, 0.1) is 0 Å². The molecular weight excluding hydrogens is 259 g/mol. The maximum absolute atomic E-state index is 13.4. The Morgan fingerprint density at radius 2 is 2.21 bits per heavy atom. The lowest BCUT2D eigenvalue weighted by molar-refractivity contribution is 0.273. The molecule has 106 valence electrons. The van der Waals surface area contributed by atoms with Crippen LogP contribution in [0.5, 0.6) is 0 Å². The SMILES string of the molecule is CN(CCSc1ccccc1F)CC1CCCCN1. The summed E-state index contributed by atoms with van der Waals surface area (Å²) in [6, 6.07) is 7.64. The van der Waals surface area contributed by atoms with E-state index in [9.17, 15) is 4.39 Å². The van der Waals surface area contributed by atoms with Crippen molar-refractivity contribution in [1.82, 2.24) is 10.2 Å². The minimum Gasteiger partial charge on any atom is -0.313 e. The third-order valence-electron chi connectivity index (χ3n) is 3.51. The molecule has 0 spiro atoms. The van der Waals surface area contributed by atoms with Crippen LogP contribution in [-0.2, 0) is 0 Å². The van der Waals surface area contributed by atoms with Crippen molar-refractivity contribution in [3.63, 3.8) is 0 Å². The highest BCUT2D eigenvalue weighted by molar-refractivity contribution is 7.99. The molecule has 0 aromatic heterocycles. The number of nitrogens with one attached hydrogen (secondary N) is 1. The summed E-state index contributed by atoms with van der Waals surface area (Å²) in [6.07, 6.45) is 3.93. The van der Waals surface area contributed by atoms with Crippen LogP contribution in [0.4, 0.5) is 4.39 Å². The van der Waals surface area contributed by atoms with Gasteiger partial charge in [-0.25, -0.2) is 4.39 Å². The van der Waals surface area contributed by atoms with E-state index >= 15 is 0 Å². The predicted molar refractivity (Wildman–Crippen MR) is 80.3 cm³/mol. The molecule has 1 aliphatic heterocycles. The van der Waals surface area contributed by atoms with E-state index < -0.39 is 0 Å². The molecule has 1 N–H and O–H groups in total. The normalized spacial score (nSPS) is 19.8. The van der Waals surface area contributed by atoms with Gasteiger partial charge < -0.3 is 10.2 Å². The molecule has 0 aliphatic carbocycles. The third kappa shape index (κ3) is 5.13. The quantitative estimate of drug-likeness (QED) is 0.808. The van der Waals surface area contributed by atoms with Crippen LogP contribution >= 0.6 is 11.8 Å². The Labute approximate surface area is 119 Å². The molecule has 1 aromatic carbocycles. The van der Waals surface area contributed by atoms with Crippen LogP contribution in [0.3, 0.4) is 0 Å². The van der Waals surface area contributed by atoms with Crippen molar-refractivity contribution in [3.05, 3.63) is 30.1 Å². The molecule has 4 heteroatoms. The van der Waals surface area contributed by atoms with Gasteiger partial charge in [-0.05, 0) is 38.6 Å². The Hall–Kier alpha value is -0.580. The van der Waals surface area contributed by atoms with Gasteiger partial charge in [-0.2, -0.15) is 0 Å². The molecule has 1 saturated heterocycles. The zero-order chi connectivity index (χ0) is 13.5.